The molecule has 1 aliphatic heterocycles. The second kappa shape index (κ2) is 8.30. The summed E-state index contributed by atoms with van der Waals surface area (Å²) in [6, 6.07) is 7.90. The number of para-hydroxylation sites is 1. The molecule has 3 rings (SSSR count). The number of nitrogens with two attached hydrogens (primary N) is 1. The van der Waals surface area contributed by atoms with Crippen LogP contribution in [0.15, 0.2) is 24.3 Å². The van der Waals surface area contributed by atoms with E-state index in [9.17, 15) is 4.79 Å². The van der Waals surface area contributed by atoms with E-state index in [1.54, 1.807) is 19.0 Å². The van der Waals surface area contributed by atoms with E-state index in [1.165, 1.54) is 5.56 Å². The van der Waals surface area contributed by atoms with Crippen LogP contribution in [0.5, 0.6) is 0 Å². The summed E-state index contributed by atoms with van der Waals surface area (Å²) in [5.74, 6) is 1.28. The summed E-state index contributed by atoms with van der Waals surface area (Å²) in [7, 11) is 3.57. The first-order valence-corrected chi connectivity index (χ1v) is 9.28. The molecule has 0 saturated carbocycles. The van der Waals surface area contributed by atoms with Crippen LogP contribution in [0.2, 0.25) is 0 Å². The van der Waals surface area contributed by atoms with Crippen LogP contribution in [0.4, 0.5) is 17.6 Å². The van der Waals surface area contributed by atoms with Crippen LogP contribution >= 0.6 is 0 Å². The van der Waals surface area contributed by atoms with Crippen molar-refractivity contribution < 1.29 is 4.79 Å². The third kappa shape index (κ3) is 4.51. The summed E-state index contributed by atoms with van der Waals surface area (Å²) in [5.41, 5.74) is 8.04. The predicted octanol–water partition coefficient (Wildman–Crippen LogP) is 1.81. The van der Waals surface area contributed by atoms with Crippen LogP contribution in [0.1, 0.15) is 31.2 Å². The van der Waals surface area contributed by atoms with Crippen molar-refractivity contribution in [3.8, 4) is 0 Å². The number of likely N-dealkylation sites (tertiary alicyclic amines) is 1. The van der Waals surface area contributed by atoms with Gasteiger partial charge in [0.15, 0.2) is 0 Å². The van der Waals surface area contributed by atoms with E-state index in [0.717, 1.165) is 31.5 Å². The number of hydrogen-bond donors (Lipinski definition) is 2. The Balaban J connectivity index is 1.78. The molecule has 1 unspecified atom stereocenters. The fourth-order valence-corrected chi connectivity index (χ4v) is 3.41. The van der Waals surface area contributed by atoms with Gasteiger partial charge in [-0.15, -0.1) is 0 Å². The molecule has 0 spiro atoms. The smallest absolute Gasteiger partial charge is 0.239 e. The number of anilines is 3. The van der Waals surface area contributed by atoms with Crippen LogP contribution in [0.25, 0.3) is 0 Å². The molecule has 2 heterocycles. The van der Waals surface area contributed by atoms with Crippen molar-refractivity contribution in [3.63, 3.8) is 0 Å². The molecule has 3 N–H and O–H groups in total. The van der Waals surface area contributed by atoms with Gasteiger partial charge >= 0.3 is 0 Å². The number of nitrogens with one attached hydrogen (secondary N) is 1. The molecule has 1 fully saturated rings. The third-order valence-corrected chi connectivity index (χ3v) is 4.78. The van der Waals surface area contributed by atoms with Gasteiger partial charge in [0.2, 0.25) is 17.8 Å². The number of rotatable bonds is 6. The summed E-state index contributed by atoms with van der Waals surface area (Å²) in [6.45, 7) is 3.42. The van der Waals surface area contributed by atoms with Crippen LogP contribution in [0.3, 0.4) is 0 Å². The Morgan fingerprint density at radius 1 is 1.30 bits per heavy atom. The van der Waals surface area contributed by atoms with Crippen molar-refractivity contribution >= 4 is 23.5 Å². The second-order valence-electron chi connectivity index (χ2n) is 6.93. The number of likely N-dealkylation sites (N-methyl/N-ethyl adjacent to an activating group) is 1. The Hall–Kier alpha value is -2.74. The first kappa shape index (κ1) is 19.0. The Labute approximate surface area is 159 Å². The number of benzene rings is 1. The van der Waals surface area contributed by atoms with Gasteiger partial charge in [0, 0.05) is 19.8 Å². The highest BCUT2D eigenvalue weighted by atomic mass is 16.2. The summed E-state index contributed by atoms with van der Waals surface area (Å²) in [4.78, 5) is 29.1. The van der Waals surface area contributed by atoms with Crippen molar-refractivity contribution in [3.05, 3.63) is 35.7 Å². The van der Waals surface area contributed by atoms with Gasteiger partial charge in [-0.05, 0) is 37.4 Å². The van der Waals surface area contributed by atoms with Crippen molar-refractivity contribution in [2.75, 3.05) is 31.7 Å². The number of nitrogens with zero attached hydrogens (tertiary/aromatic N) is 5. The first-order valence-electron chi connectivity index (χ1n) is 9.28. The van der Waals surface area contributed by atoms with Gasteiger partial charge in [0.1, 0.15) is 5.82 Å². The Bertz CT molecular complexity index is 808. The number of aromatic nitrogens is 3. The number of carbonyl (C=O) groups is 1. The highest BCUT2D eigenvalue weighted by Gasteiger charge is 2.32. The average Bonchev–Trinajstić information content (AvgIpc) is 3.08. The van der Waals surface area contributed by atoms with Crippen molar-refractivity contribution in [2.24, 2.45) is 0 Å². The second-order valence-corrected chi connectivity index (χ2v) is 6.93. The molecule has 1 aromatic heterocycles. The lowest BCUT2D eigenvalue weighted by Crippen LogP contribution is -2.42. The topological polar surface area (TPSA) is 100 Å². The molecule has 8 nitrogen and oxygen atoms in total. The van der Waals surface area contributed by atoms with E-state index in [0.29, 0.717) is 18.3 Å². The van der Waals surface area contributed by atoms with E-state index in [1.807, 2.05) is 18.2 Å². The highest BCUT2D eigenvalue weighted by molar-refractivity contribution is 5.81. The third-order valence-electron chi connectivity index (χ3n) is 4.78. The maximum absolute atomic E-state index is 12.4. The summed E-state index contributed by atoms with van der Waals surface area (Å²) < 4.78 is 0. The number of nitrogen functional groups attached to an aromatic ring is 1. The molecule has 8 heteroatoms. The minimum atomic E-state index is -0.129. The van der Waals surface area contributed by atoms with Gasteiger partial charge in [-0.25, -0.2) is 0 Å². The fraction of sp³-hybridized carbons (Fsp3) is 0.474. The molecule has 0 aliphatic carbocycles. The molecule has 1 saturated heterocycles. The average molecular weight is 369 g/mol. The predicted molar refractivity (Wildman–Crippen MR) is 105 cm³/mol. The van der Waals surface area contributed by atoms with Crippen LogP contribution < -0.4 is 11.1 Å². The molecule has 1 amide bonds. The zero-order valence-corrected chi connectivity index (χ0v) is 16.1. The SMILES string of the molecule is CCc1ccccc1Nc1nc(N)nc(CN2CCCC2C(=O)N(C)C)n1. The van der Waals surface area contributed by atoms with Gasteiger partial charge in [0.05, 0.1) is 12.6 Å². The maximum Gasteiger partial charge on any atom is 0.239 e. The fourth-order valence-electron chi connectivity index (χ4n) is 3.41. The van der Waals surface area contributed by atoms with Crippen molar-refractivity contribution in [2.45, 2.75) is 38.8 Å². The van der Waals surface area contributed by atoms with Crippen molar-refractivity contribution in [1.29, 1.82) is 0 Å². The van der Waals surface area contributed by atoms with E-state index in [-0.39, 0.29) is 17.9 Å². The molecule has 0 bridgehead atoms. The lowest BCUT2D eigenvalue weighted by molar-refractivity contribution is -0.133. The zero-order valence-electron chi connectivity index (χ0n) is 16.1. The Kier molecular flexibility index (Phi) is 5.85. The van der Waals surface area contributed by atoms with Gasteiger partial charge in [-0.1, -0.05) is 25.1 Å². The number of carbonyl (C=O) groups excluding carboxylic acids is 1. The molecule has 1 aliphatic rings. The van der Waals surface area contributed by atoms with E-state index >= 15 is 0 Å². The Morgan fingerprint density at radius 3 is 2.81 bits per heavy atom. The molecule has 144 valence electrons. The summed E-state index contributed by atoms with van der Waals surface area (Å²) >= 11 is 0. The molecule has 27 heavy (non-hydrogen) atoms. The quantitative estimate of drug-likeness (QED) is 0.801. The molecular formula is C19H27N7O. The van der Waals surface area contributed by atoms with Crippen LogP contribution in [0, 0.1) is 0 Å². The lowest BCUT2D eigenvalue weighted by atomic mass is 10.1. The number of hydrogen-bond acceptors (Lipinski definition) is 7. The minimum Gasteiger partial charge on any atom is -0.368 e. The Morgan fingerprint density at radius 2 is 2.07 bits per heavy atom. The largest absolute Gasteiger partial charge is 0.368 e. The summed E-state index contributed by atoms with van der Waals surface area (Å²) in [5, 5.41) is 3.25. The first-order chi connectivity index (χ1) is 13.0. The minimum absolute atomic E-state index is 0.116. The van der Waals surface area contributed by atoms with E-state index in [2.05, 4.69) is 38.2 Å². The molecule has 0 radical (unpaired) electrons. The molecule has 1 atom stereocenters. The molecular weight excluding hydrogens is 342 g/mol. The van der Waals surface area contributed by atoms with Crippen LogP contribution in [-0.4, -0.2) is 57.3 Å². The normalized spacial score (nSPS) is 17.1. The lowest BCUT2D eigenvalue weighted by Gasteiger charge is -2.25. The molecule has 1 aromatic carbocycles. The van der Waals surface area contributed by atoms with Gasteiger partial charge in [-0.3, -0.25) is 9.69 Å². The van der Waals surface area contributed by atoms with E-state index in [4.69, 9.17) is 5.73 Å². The van der Waals surface area contributed by atoms with E-state index < -0.39 is 0 Å². The summed E-state index contributed by atoms with van der Waals surface area (Å²) in [6.07, 6.45) is 2.74. The maximum atomic E-state index is 12.4. The number of amides is 1. The molecule has 2 aromatic rings. The standard InChI is InChI=1S/C19H27N7O/c1-4-13-8-5-6-9-14(13)21-19-23-16(22-18(20)24-19)12-26-11-7-10-15(26)17(27)25(2)3/h5-6,8-9,15H,4,7,10-12H2,1-3H3,(H3,20,21,22,23,24). The van der Waals surface area contributed by atoms with Gasteiger partial charge in [0.25, 0.3) is 0 Å². The number of aryl methyl sites for hydroxylation is 1. The highest BCUT2D eigenvalue weighted by Crippen LogP contribution is 2.22. The zero-order chi connectivity index (χ0) is 19.4. The van der Waals surface area contributed by atoms with Gasteiger partial charge < -0.3 is 16.0 Å². The van der Waals surface area contributed by atoms with Gasteiger partial charge in [-0.2, -0.15) is 15.0 Å². The van der Waals surface area contributed by atoms with Crippen molar-refractivity contribution in [1.82, 2.24) is 24.8 Å². The van der Waals surface area contributed by atoms with Crippen LogP contribution in [-0.2, 0) is 17.8 Å². The monoisotopic (exact) mass is 369 g/mol.